The van der Waals surface area contributed by atoms with Gasteiger partial charge in [0.1, 0.15) is 0 Å². The van der Waals surface area contributed by atoms with E-state index in [9.17, 15) is 4.79 Å². The molecule has 2 fully saturated rings. The maximum Gasteiger partial charge on any atom is 0.230 e. The lowest BCUT2D eigenvalue weighted by Crippen LogP contribution is -2.23. The van der Waals surface area contributed by atoms with Gasteiger partial charge in [-0.3, -0.25) is 10.1 Å². The highest BCUT2D eigenvalue weighted by Gasteiger charge is 2.50. The molecule has 0 bridgehead atoms. The zero-order valence-electron chi connectivity index (χ0n) is 12.9. The van der Waals surface area contributed by atoms with E-state index in [1.165, 1.54) is 6.42 Å². The van der Waals surface area contributed by atoms with Gasteiger partial charge in [0, 0.05) is 17.0 Å². The predicted octanol–water partition coefficient (Wildman–Crippen LogP) is 4.40. The zero-order valence-corrected chi connectivity index (χ0v) is 13.7. The first-order valence-electron chi connectivity index (χ1n) is 7.94. The Balaban J connectivity index is 1.71. The molecule has 1 heterocycles. The van der Waals surface area contributed by atoms with E-state index in [0.29, 0.717) is 17.0 Å². The average Bonchev–Trinajstić information content (AvgIpc) is 2.91. The summed E-state index contributed by atoms with van der Waals surface area (Å²) in [5.74, 6) is 0.868. The SMILES string of the molecule is CC1(C)C[C@@H]1C(=O)Nc1nc2ccc(Cl)cc2n1C1CCC1. The number of halogens is 1. The van der Waals surface area contributed by atoms with Crippen molar-refractivity contribution in [3.63, 3.8) is 0 Å². The van der Waals surface area contributed by atoms with Crippen molar-refractivity contribution < 1.29 is 4.79 Å². The van der Waals surface area contributed by atoms with Gasteiger partial charge in [0.05, 0.1) is 11.0 Å². The third kappa shape index (κ3) is 2.21. The molecule has 0 saturated heterocycles. The summed E-state index contributed by atoms with van der Waals surface area (Å²) in [6, 6.07) is 6.13. The minimum atomic E-state index is 0.0898. The van der Waals surface area contributed by atoms with Crippen LogP contribution in [0.25, 0.3) is 11.0 Å². The summed E-state index contributed by atoms with van der Waals surface area (Å²) < 4.78 is 2.16. The molecule has 1 amide bonds. The Bertz CT molecular complexity index is 761. The van der Waals surface area contributed by atoms with E-state index in [4.69, 9.17) is 11.6 Å². The lowest BCUT2D eigenvalue weighted by Gasteiger charge is -2.29. The molecule has 2 aliphatic rings. The van der Waals surface area contributed by atoms with Crippen molar-refractivity contribution in [2.45, 2.75) is 45.6 Å². The number of nitrogens with one attached hydrogen (secondary N) is 1. The van der Waals surface area contributed by atoms with Gasteiger partial charge in [-0.15, -0.1) is 0 Å². The number of hydrogen-bond acceptors (Lipinski definition) is 2. The van der Waals surface area contributed by atoms with Crippen LogP contribution in [-0.2, 0) is 4.79 Å². The second-order valence-electron chi connectivity index (χ2n) is 7.26. The van der Waals surface area contributed by atoms with Crippen LogP contribution in [-0.4, -0.2) is 15.5 Å². The Morgan fingerprint density at radius 1 is 1.41 bits per heavy atom. The Labute approximate surface area is 134 Å². The molecule has 0 unspecified atom stereocenters. The van der Waals surface area contributed by atoms with E-state index in [0.717, 1.165) is 30.3 Å². The van der Waals surface area contributed by atoms with Crippen LogP contribution in [0.1, 0.15) is 45.6 Å². The maximum atomic E-state index is 12.4. The standard InChI is InChI=1S/C17H20ClN3O/c1-17(2)9-12(17)15(22)20-16-19-13-7-6-10(18)8-14(13)21(16)11-4-3-5-11/h6-8,11-12H,3-5,9H2,1-2H3,(H,19,20,22)/t12-/m1/s1. The van der Waals surface area contributed by atoms with Crippen molar-refractivity contribution in [3.05, 3.63) is 23.2 Å². The maximum absolute atomic E-state index is 12.4. The van der Waals surface area contributed by atoms with Crippen LogP contribution >= 0.6 is 11.6 Å². The number of carbonyl (C=O) groups is 1. The van der Waals surface area contributed by atoms with E-state index < -0.39 is 0 Å². The monoisotopic (exact) mass is 317 g/mol. The summed E-state index contributed by atoms with van der Waals surface area (Å²) >= 11 is 6.14. The average molecular weight is 318 g/mol. The quantitative estimate of drug-likeness (QED) is 0.912. The molecule has 0 radical (unpaired) electrons. The second-order valence-corrected chi connectivity index (χ2v) is 7.69. The third-order valence-electron chi connectivity index (χ3n) is 5.16. The van der Waals surface area contributed by atoms with Crippen molar-refractivity contribution in [2.75, 3.05) is 5.32 Å². The van der Waals surface area contributed by atoms with E-state index in [1.807, 2.05) is 18.2 Å². The molecule has 1 atom stereocenters. The normalized spacial score (nSPS) is 23.3. The molecule has 1 N–H and O–H groups in total. The van der Waals surface area contributed by atoms with E-state index >= 15 is 0 Å². The first-order chi connectivity index (χ1) is 10.5. The molecule has 2 aliphatic carbocycles. The van der Waals surface area contributed by atoms with Gasteiger partial charge in [-0.1, -0.05) is 25.4 Å². The molecule has 116 valence electrons. The van der Waals surface area contributed by atoms with Gasteiger partial charge in [0.2, 0.25) is 11.9 Å². The summed E-state index contributed by atoms with van der Waals surface area (Å²) in [6.07, 6.45) is 4.45. The lowest BCUT2D eigenvalue weighted by atomic mass is 9.93. The molecule has 0 aliphatic heterocycles. The number of nitrogens with zero attached hydrogens (tertiary/aromatic N) is 2. The van der Waals surface area contributed by atoms with Gasteiger partial charge >= 0.3 is 0 Å². The summed E-state index contributed by atoms with van der Waals surface area (Å²) in [6.45, 7) is 4.26. The fraction of sp³-hybridized carbons (Fsp3) is 0.529. The second kappa shape index (κ2) is 4.72. The summed E-state index contributed by atoms with van der Waals surface area (Å²) in [7, 11) is 0. The number of benzene rings is 1. The number of amides is 1. The van der Waals surface area contributed by atoms with Crippen molar-refractivity contribution in [3.8, 4) is 0 Å². The smallest absolute Gasteiger partial charge is 0.230 e. The summed E-state index contributed by atoms with van der Waals surface area (Å²) in [4.78, 5) is 17.1. The predicted molar refractivity (Wildman–Crippen MR) is 88.1 cm³/mol. The summed E-state index contributed by atoms with van der Waals surface area (Å²) in [5, 5.41) is 3.76. The van der Waals surface area contributed by atoms with Gasteiger partial charge < -0.3 is 4.57 Å². The molecule has 1 aromatic heterocycles. The first kappa shape index (κ1) is 14.1. The third-order valence-corrected chi connectivity index (χ3v) is 5.39. The molecular weight excluding hydrogens is 298 g/mol. The highest BCUT2D eigenvalue weighted by molar-refractivity contribution is 6.31. The molecule has 2 aromatic rings. The van der Waals surface area contributed by atoms with Crippen LogP contribution in [0.2, 0.25) is 5.02 Å². The van der Waals surface area contributed by atoms with Crippen LogP contribution in [0.3, 0.4) is 0 Å². The van der Waals surface area contributed by atoms with Gasteiger partial charge in [-0.05, 0) is 49.3 Å². The number of rotatable bonds is 3. The Morgan fingerprint density at radius 2 is 2.14 bits per heavy atom. The van der Waals surface area contributed by atoms with Gasteiger partial charge in [-0.2, -0.15) is 0 Å². The number of fused-ring (bicyclic) bond motifs is 1. The summed E-state index contributed by atoms with van der Waals surface area (Å²) in [5.41, 5.74) is 2.03. The molecule has 22 heavy (non-hydrogen) atoms. The van der Waals surface area contributed by atoms with E-state index in [-0.39, 0.29) is 17.2 Å². The number of imidazole rings is 1. The Kier molecular flexibility index (Phi) is 3.02. The van der Waals surface area contributed by atoms with Gasteiger partial charge in [0.15, 0.2) is 0 Å². The molecule has 5 heteroatoms. The minimum absolute atomic E-state index is 0.0898. The zero-order chi connectivity index (χ0) is 15.5. The highest BCUT2D eigenvalue weighted by atomic mass is 35.5. The lowest BCUT2D eigenvalue weighted by molar-refractivity contribution is -0.118. The number of carbonyl (C=O) groups excluding carboxylic acids is 1. The van der Waals surface area contributed by atoms with Gasteiger partial charge in [0.25, 0.3) is 0 Å². The highest BCUT2D eigenvalue weighted by Crippen LogP contribution is 2.52. The van der Waals surface area contributed by atoms with Crippen molar-refractivity contribution >= 4 is 34.5 Å². The van der Waals surface area contributed by atoms with E-state index in [1.54, 1.807) is 0 Å². The Morgan fingerprint density at radius 3 is 2.73 bits per heavy atom. The van der Waals surface area contributed by atoms with Crippen LogP contribution in [0, 0.1) is 11.3 Å². The van der Waals surface area contributed by atoms with E-state index in [2.05, 4.69) is 28.7 Å². The fourth-order valence-corrected chi connectivity index (χ4v) is 3.45. The molecule has 1 aromatic carbocycles. The van der Waals surface area contributed by atoms with Crippen molar-refractivity contribution in [1.29, 1.82) is 0 Å². The van der Waals surface area contributed by atoms with Crippen LogP contribution < -0.4 is 5.32 Å². The van der Waals surface area contributed by atoms with Crippen LogP contribution in [0.15, 0.2) is 18.2 Å². The number of anilines is 1. The van der Waals surface area contributed by atoms with Crippen LogP contribution in [0.4, 0.5) is 5.95 Å². The largest absolute Gasteiger partial charge is 0.307 e. The van der Waals surface area contributed by atoms with Crippen LogP contribution in [0.5, 0.6) is 0 Å². The number of aromatic nitrogens is 2. The molecule has 4 rings (SSSR count). The minimum Gasteiger partial charge on any atom is -0.307 e. The topological polar surface area (TPSA) is 46.9 Å². The molecule has 0 spiro atoms. The molecular formula is C17H20ClN3O. The van der Waals surface area contributed by atoms with Crippen molar-refractivity contribution in [2.24, 2.45) is 11.3 Å². The number of hydrogen-bond donors (Lipinski definition) is 1. The Hall–Kier alpha value is -1.55. The van der Waals surface area contributed by atoms with Gasteiger partial charge in [-0.25, -0.2) is 4.98 Å². The molecule has 4 nitrogen and oxygen atoms in total. The van der Waals surface area contributed by atoms with Crippen molar-refractivity contribution in [1.82, 2.24) is 9.55 Å². The fourth-order valence-electron chi connectivity index (χ4n) is 3.28. The first-order valence-corrected chi connectivity index (χ1v) is 8.32. The molecule has 2 saturated carbocycles.